The number of aryl methyl sites for hydroxylation is 1. The van der Waals surface area contributed by atoms with Crippen LogP contribution in [0.1, 0.15) is 25.3 Å². The average Bonchev–Trinajstić information content (AvgIpc) is 3.05. The molecular weight excluding hydrogens is 322 g/mol. The third kappa shape index (κ3) is 3.94. The Balaban J connectivity index is 1.73. The maximum Gasteiger partial charge on any atom is 0.242 e. The van der Waals surface area contributed by atoms with Gasteiger partial charge in [-0.25, -0.2) is 13.1 Å². The second kappa shape index (κ2) is 7.17. The van der Waals surface area contributed by atoms with Crippen LogP contribution in [0, 0.1) is 12.8 Å². The van der Waals surface area contributed by atoms with Gasteiger partial charge in [0.2, 0.25) is 10.0 Å². The number of fused-ring (bicyclic) bond motifs is 1. The summed E-state index contributed by atoms with van der Waals surface area (Å²) in [7, 11) is -3.56. The molecule has 0 radical (unpaired) electrons. The lowest BCUT2D eigenvalue weighted by Gasteiger charge is -2.20. The van der Waals surface area contributed by atoms with Crippen molar-refractivity contribution in [2.75, 3.05) is 26.2 Å². The molecule has 1 saturated heterocycles. The molecule has 1 unspecified atom stereocenters. The summed E-state index contributed by atoms with van der Waals surface area (Å²) in [5, 5.41) is 0.850. The van der Waals surface area contributed by atoms with Gasteiger partial charge in [0, 0.05) is 24.7 Å². The van der Waals surface area contributed by atoms with Crippen molar-refractivity contribution >= 4 is 20.9 Å². The Morgan fingerprint density at radius 2 is 2.04 bits per heavy atom. The van der Waals surface area contributed by atoms with E-state index in [2.05, 4.69) is 21.5 Å². The van der Waals surface area contributed by atoms with Crippen molar-refractivity contribution in [3.8, 4) is 0 Å². The highest BCUT2D eigenvalue weighted by Gasteiger charge is 2.20. The topological polar surface area (TPSA) is 62.3 Å². The lowest BCUT2D eigenvalue weighted by atomic mass is 10.2. The van der Waals surface area contributed by atoms with Crippen molar-refractivity contribution in [1.82, 2.24) is 14.6 Å². The van der Waals surface area contributed by atoms with Crippen molar-refractivity contribution in [1.29, 1.82) is 0 Å². The summed E-state index contributed by atoms with van der Waals surface area (Å²) >= 11 is 0. The van der Waals surface area contributed by atoms with E-state index in [1.165, 1.54) is 12.8 Å². The number of pyridine rings is 1. The van der Waals surface area contributed by atoms with E-state index in [0.29, 0.717) is 12.1 Å². The standard InChI is InChI=1S/C18H25N3O2S/c1-14-10-16-6-5-7-17(18(16)19-11-14)24(22,23)20-12-15(2)13-21-8-3-4-9-21/h5-7,10-11,15,20H,3-4,8-9,12-13H2,1-2H3. The molecule has 1 N–H and O–H groups in total. The van der Waals surface area contributed by atoms with Crippen LogP contribution in [0.4, 0.5) is 0 Å². The first kappa shape index (κ1) is 17.3. The number of para-hydroxylation sites is 1. The van der Waals surface area contributed by atoms with E-state index in [4.69, 9.17) is 0 Å². The van der Waals surface area contributed by atoms with Crippen molar-refractivity contribution < 1.29 is 8.42 Å². The highest BCUT2D eigenvalue weighted by atomic mass is 32.2. The first-order valence-corrected chi connectivity index (χ1v) is 10.0. The van der Waals surface area contributed by atoms with Gasteiger partial charge in [0.15, 0.2) is 0 Å². The predicted molar refractivity (Wildman–Crippen MR) is 96.5 cm³/mol. The van der Waals surface area contributed by atoms with Crippen molar-refractivity contribution in [3.63, 3.8) is 0 Å². The Morgan fingerprint density at radius 1 is 1.29 bits per heavy atom. The molecule has 1 atom stereocenters. The minimum absolute atomic E-state index is 0.258. The van der Waals surface area contributed by atoms with Gasteiger partial charge in [0.25, 0.3) is 0 Å². The van der Waals surface area contributed by atoms with Gasteiger partial charge in [-0.2, -0.15) is 0 Å². The molecule has 2 heterocycles. The minimum Gasteiger partial charge on any atom is -0.303 e. The Bertz CT molecular complexity index is 814. The number of hydrogen-bond acceptors (Lipinski definition) is 4. The highest BCUT2D eigenvalue weighted by molar-refractivity contribution is 7.89. The number of aromatic nitrogens is 1. The van der Waals surface area contributed by atoms with Crippen LogP contribution in [0.3, 0.4) is 0 Å². The molecule has 1 aromatic carbocycles. The molecule has 0 spiro atoms. The third-order valence-corrected chi connectivity index (χ3v) is 5.95. The molecule has 0 amide bonds. The van der Waals surface area contributed by atoms with Crippen LogP contribution in [-0.2, 0) is 10.0 Å². The van der Waals surface area contributed by atoms with Gasteiger partial charge in [0.05, 0.1) is 5.52 Å². The van der Waals surface area contributed by atoms with E-state index < -0.39 is 10.0 Å². The molecule has 1 aliphatic heterocycles. The smallest absolute Gasteiger partial charge is 0.242 e. The van der Waals surface area contributed by atoms with Crippen LogP contribution in [0.15, 0.2) is 35.4 Å². The first-order chi connectivity index (χ1) is 11.5. The number of benzene rings is 1. The monoisotopic (exact) mass is 347 g/mol. The van der Waals surface area contributed by atoms with Crippen LogP contribution < -0.4 is 4.72 Å². The maximum atomic E-state index is 12.7. The zero-order chi connectivity index (χ0) is 17.2. The van der Waals surface area contributed by atoms with Gasteiger partial charge < -0.3 is 4.90 Å². The molecule has 2 aromatic rings. The maximum absolute atomic E-state index is 12.7. The summed E-state index contributed by atoms with van der Waals surface area (Å²) in [6.45, 7) is 7.68. The summed E-state index contributed by atoms with van der Waals surface area (Å²) in [5.41, 5.74) is 1.55. The zero-order valence-electron chi connectivity index (χ0n) is 14.3. The third-order valence-electron chi connectivity index (χ3n) is 4.49. The number of sulfonamides is 1. The summed E-state index contributed by atoms with van der Waals surface area (Å²) in [4.78, 5) is 6.99. The fourth-order valence-corrected chi connectivity index (χ4v) is 4.60. The molecule has 3 rings (SSSR count). The van der Waals surface area contributed by atoms with Crippen molar-refractivity contribution in [3.05, 3.63) is 36.0 Å². The Kier molecular flexibility index (Phi) is 5.18. The fourth-order valence-electron chi connectivity index (χ4n) is 3.26. The first-order valence-electron chi connectivity index (χ1n) is 8.53. The number of hydrogen-bond donors (Lipinski definition) is 1. The summed E-state index contributed by atoms with van der Waals surface area (Å²) in [6.07, 6.45) is 4.20. The van der Waals surface area contributed by atoms with Crippen LogP contribution >= 0.6 is 0 Å². The second-order valence-electron chi connectivity index (χ2n) is 6.81. The van der Waals surface area contributed by atoms with Crippen LogP contribution in [0.2, 0.25) is 0 Å². The number of nitrogens with one attached hydrogen (secondary N) is 1. The molecule has 5 nitrogen and oxygen atoms in total. The van der Waals surface area contributed by atoms with Crippen molar-refractivity contribution in [2.24, 2.45) is 5.92 Å². The molecule has 1 fully saturated rings. The summed E-state index contributed by atoms with van der Waals surface area (Å²) in [6, 6.07) is 7.24. The number of rotatable bonds is 6. The summed E-state index contributed by atoms with van der Waals surface area (Å²) < 4.78 is 28.2. The van der Waals surface area contributed by atoms with Gasteiger partial charge in [0.1, 0.15) is 4.90 Å². The molecule has 6 heteroatoms. The highest BCUT2D eigenvalue weighted by Crippen LogP contribution is 2.21. The predicted octanol–water partition coefficient (Wildman–Crippen LogP) is 2.55. The molecular formula is C18H25N3O2S. The SMILES string of the molecule is Cc1cnc2c(S(=O)(=O)NCC(C)CN3CCCC3)cccc2c1. The second-order valence-corrected chi connectivity index (χ2v) is 8.54. The van der Waals surface area contributed by atoms with Gasteiger partial charge in [-0.1, -0.05) is 19.1 Å². The molecule has 130 valence electrons. The lowest BCUT2D eigenvalue weighted by Crippen LogP contribution is -2.34. The molecule has 0 saturated carbocycles. The average molecular weight is 347 g/mol. The van der Waals surface area contributed by atoms with Gasteiger partial charge >= 0.3 is 0 Å². The molecule has 1 aliphatic rings. The number of likely N-dealkylation sites (tertiary alicyclic amines) is 1. The molecule has 0 aliphatic carbocycles. The Hall–Kier alpha value is -1.50. The van der Waals surface area contributed by atoms with E-state index >= 15 is 0 Å². The van der Waals surface area contributed by atoms with E-state index in [1.54, 1.807) is 18.3 Å². The minimum atomic E-state index is -3.56. The zero-order valence-corrected chi connectivity index (χ0v) is 15.1. The van der Waals surface area contributed by atoms with E-state index in [0.717, 1.165) is 30.6 Å². The lowest BCUT2D eigenvalue weighted by molar-refractivity contribution is 0.288. The molecule has 1 aromatic heterocycles. The Labute approximate surface area is 144 Å². The van der Waals surface area contributed by atoms with Gasteiger partial charge in [-0.3, -0.25) is 4.98 Å². The van der Waals surface area contributed by atoms with Crippen molar-refractivity contribution in [2.45, 2.75) is 31.6 Å². The van der Waals surface area contributed by atoms with E-state index in [9.17, 15) is 8.42 Å². The van der Waals surface area contributed by atoms with Crippen LogP contribution in [0.25, 0.3) is 10.9 Å². The van der Waals surface area contributed by atoms with E-state index in [-0.39, 0.29) is 10.8 Å². The normalized spacial score (nSPS) is 17.4. The Morgan fingerprint density at radius 3 is 2.79 bits per heavy atom. The molecule has 24 heavy (non-hydrogen) atoms. The fraction of sp³-hybridized carbons (Fsp3) is 0.500. The number of nitrogens with zero attached hydrogens (tertiary/aromatic N) is 2. The van der Waals surface area contributed by atoms with Gasteiger partial charge in [-0.05, 0) is 56.5 Å². The van der Waals surface area contributed by atoms with E-state index in [1.807, 2.05) is 19.1 Å². The largest absolute Gasteiger partial charge is 0.303 e. The quantitative estimate of drug-likeness (QED) is 0.872. The van der Waals surface area contributed by atoms with Crippen LogP contribution in [0.5, 0.6) is 0 Å². The summed E-state index contributed by atoms with van der Waals surface area (Å²) in [5.74, 6) is 0.281. The molecule has 0 bridgehead atoms. The van der Waals surface area contributed by atoms with Gasteiger partial charge in [-0.15, -0.1) is 0 Å². The van der Waals surface area contributed by atoms with Crippen LogP contribution in [-0.4, -0.2) is 44.5 Å².